The molecule has 1 atom stereocenters. The first-order valence-corrected chi connectivity index (χ1v) is 12.9. The molecule has 8 heteroatoms. The number of aryl methyl sites for hydroxylation is 1. The van der Waals surface area contributed by atoms with Crippen molar-refractivity contribution in [1.82, 2.24) is 9.62 Å². The van der Waals surface area contributed by atoms with Crippen molar-refractivity contribution in [3.8, 4) is 0 Å². The number of esters is 1. The Morgan fingerprint density at radius 2 is 1.84 bits per heavy atom. The van der Waals surface area contributed by atoms with Gasteiger partial charge >= 0.3 is 5.97 Å². The third-order valence-corrected chi connectivity index (χ3v) is 8.15. The monoisotopic (exact) mass is 462 g/mol. The van der Waals surface area contributed by atoms with Gasteiger partial charge in [-0.2, -0.15) is 4.31 Å². The van der Waals surface area contributed by atoms with Crippen LogP contribution in [0.25, 0.3) is 0 Å². The van der Waals surface area contributed by atoms with E-state index < -0.39 is 28.0 Å². The lowest BCUT2D eigenvalue weighted by atomic mass is 9.97. The minimum atomic E-state index is -3.57. The molecule has 1 aliphatic carbocycles. The molecule has 1 aromatic carbocycles. The average Bonchev–Trinajstić information content (AvgIpc) is 2.80. The standard InChI is InChI=1S/C24H34N2O5S/c1-18-8-10-22(11-9-18)32(29,30)26-16-13-21(14-17-26)24(28)31-19(2)23(27)25-15-12-20-6-4-3-5-7-20/h6,8-11,19,21H,3-5,7,12-17H2,1-2H3,(H,25,27)/t19-/m1/s1. The lowest BCUT2D eigenvalue weighted by Crippen LogP contribution is -2.42. The summed E-state index contributed by atoms with van der Waals surface area (Å²) >= 11 is 0. The van der Waals surface area contributed by atoms with E-state index in [-0.39, 0.29) is 23.9 Å². The number of hydrogen-bond acceptors (Lipinski definition) is 5. The number of nitrogens with zero attached hydrogens (tertiary/aromatic N) is 1. The van der Waals surface area contributed by atoms with Crippen LogP contribution in [0.3, 0.4) is 0 Å². The number of hydrogen-bond donors (Lipinski definition) is 1. The fraction of sp³-hybridized carbons (Fsp3) is 0.583. The van der Waals surface area contributed by atoms with Gasteiger partial charge in [0.2, 0.25) is 10.0 Å². The maximum atomic E-state index is 12.8. The number of ether oxygens (including phenoxy) is 1. The molecule has 32 heavy (non-hydrogen) atoms. The number of nitrogens with one attached hydrogen (secondary N) is 1. The Kier molecular flexibility index (Phi) is 8.48. The fourth-order valence-corrected chi connectivity index (χ4v) is 5.61. The Morgan fingerprint density at radius 3 is 2.47 bits per heavy atom. The first-order valence-electron chi connectivity index (χ1n) is 11.5. The molecule has 1 saturated heterocycles. The Bertz CT molecular complexity index is 932. The van der Waals surface area contributed by atoms with Crippen molar-refractivity contribution < 1.29 is 22.7 Å². The summed E-state index contributed by atoms with van der Waals surface area (Å²) in [5, 5.41) is 2.84. The predicted molar refractivity (Wildman–Crippen MR) is 122 cm³/mol. The molecule has 176 valence electrons. The van der Waals surface area contributed by atoms with Crippen LogP contribution in [0.1, 0.15) is 57.4 Å². The zero-order chi connectivity index (χ0) is 23.1. The van der Waals surface area contributed by atoms with Crippen molar-refractivity contribution in [3.63, 3.8) is 0 Å². The molecule has 2 aliphatic rings. The Balaban J connectivity index is 1.42. The second kappa shape index (κ2) is 11.1. The fourth-order valence-electron chi connectivity index (χ4n) is 4.14. The number of piperidine rings is 1. The number of sulfonamides is 1. The van der Waals surface area contributed by atoms with Gasteiger partial charge in [0.25, 0.3) is 5.91 Å². The molecular formula is C24H34N2O5S. The third kappa shape index (κ3) is 6.42. The van der Waals surface area contributed by atoms with Crippen molar-refractivity contribution in [2.45, 2.75) is 69.8 Å². The minimum Gasteiger partial charge on any atom is -0.452 e. The highest BCUT2D eigenvalue weighted by atomic mass is 32.2. The molecule has 1 N–H and O–H groups in total. The maximum absolute atomic E-state index is 12.8. The number of allylic oxidation sites excluding steroid dienone is 1. The Morgan fingerprint density at radius 1 is 1.16 bits per heavy atom. The summed E-state index contributed by atoms with van der Waals surface area (Å²) in [4.78, 5) is 25.1. The summed E-state index contributed by atoms with van der Waals surface area (Å²) in [6.45, 7) is 4.53. The van der Waals surface area contributed by atoms with Gasteiger partial charge in [-0.3, -0.25) is 9.59 Å². The normalized spacial score (nSPS) is 19.1. The molecule has 0 saturated carbocycles. The quantitative estimate of drug-likeness (QED) is 0.473. The molecule has 1 amide bonds. The van der Waals surface area contributed by atoms with Crippen molar-refractivity contribution in [2.75, 3.05) is 19.6 Å². The van der Waals surface area contributed by atoms with Gasteiger partial charge in [0.05, 0.1) is 10.8 Å². The van der Waals surface area contributed by atoms with Crippen LogP contribution >= 0.6 is 0 Å². The molecular weight excluding hydrogens is 428 g/mol. The first-order chi connectivity index (χ1) is 15.3. The van der Waals surface area contributed by atoms with Gasteiger partial charge in [-0.25, -0.2) is 8.42 Å². The van der Waals surface area contributed by atoms with Crippen LogP contribution < -0.4 is 5.32 Å². The smallest absolute Gasteiger partial charge is 0.309 e. The molecule has 0 unspecified atom stereocenters. The second-order valence-corrected chi connectivity index (χ2v) is 10.7. The van der Waals surface area contributed by atoms with Crippen molar-refractivity contribution in [2.24, 2.45) is 5.92 Å². The van der Waals surface area contributed by atoms with E-state index in [1.165, 1.54) is 22.7 Å². The Labute approximate surface area is 191 Å². The molecule has 1 aliphatic heterocycles. The summed E-state index contributed by atoms with van der Waals surface area (Å²) in [6, 6.07) is 6.76. The van der Waals surface area contributed by atoms with E-state index in [9.17, 15) is 18.0 Å². The molecule has 0 spiro atoms. The SMILES string of the molecule is Cc1ccc(S(=O)(=O)N2CCC(C(=O)O[C@H](C)C(=O)NCCC3=CCCCC3)CC2)cc1. The average molecular weight is 463 g/mol. The van der Waals surface area contributed by atoms with Gasteiger partial charge in [0.1, 0.15) is 0 Å². The molecule has 1 heterocycles. The number of carbonyl (C=O) groups is 2. The lowest BCUT2D eigenvalue weighted by Gasteiger charge is -2.30. The molecule has 0 radical (unpaired) electrons. The molecule has 1 fully saturated rings. The van der Waals surface area contributed by atoms with Crippen LogP contribution in [0.15, 0.2) is 40.8 Å². The summed E-state index contributed by atoms with van der Waals surface area (Å²) in [6.07, 6.45) is 7.64. The molecule has 7 nitrogen and oxygen atoms in total. The van der Waals surface area contributed by atoms with Crippen molar-refractivity contribution in [1.29, 1.82) is 0 Å². The van der Waals surface area contributed by atoms with Crippen LogP contribution in [0.2, 0.25) is 0 Å². The van der Waals surface area contributed by atoms with E-state index in [2.05, 4.69) is 11.4 Å². The summed E-state index contributed by atoms with van der Waals surface area (Å²) in [5.41, 5.74) is 2.38. The van der Waals surface area contributed by atoms with Crippen LogP contribution in [-0.4, -0.2) is 50.3 Å². The van der Waals surface area contributed by atoms with E-state index in [1.54, 1.807) is 31.2 Å². The minimum absolute atomic E-state index is 0.256. The number of carbonyl (C=O) groups excluding carboxylic acids is 2. The van der Waals surface area contributed by atoms with Crippen molar-refractivity contribution >= 4 is 21.9 Å². The van der Waals surface area contributed by atoms with Gasteiger partial charge in [0, 0.05) is 19.6 Å². The topological polar surface area (TPSA) is 92.8 Å². The van der Waals surface area contributed by atoms with E-state index in [0.717, 1.165) is 24.8 Å². The molecule has 1 aromatic rings. The second-order valence-electron chi connectivity index (χ2n) is 8.72. The first kappa shape index (κ1) is 24.5. The number of amides is 1. The lowest BCUT2D eigenvalue weighted by molar-refractivity contribution is -0.159. The number of rotatable bonds is 8. The zero-order valence-corrected chi connectivity index (χ0v) is 19.8. The maximum Gasteiger partial charge on any atom is 0.309 e. The highest BCUT2D eigenvalue weighted by Crippen LogP contribution is 2.25. The zero-order valence-electron chi connectivity index (χ0n) is 19.0. The van der Waals surface area contributed by atoms with E-state index in [0.29, 0.717) is 19.4 Å². The largest absolute Gasteiger partial charge is 0.452 e. The van der Waals surface area contributed by atoms with Gasteiger partial charge in [-0.15, -0.1) is 0 Å². The van der Waals surface area contributed by atoms with Crippen LogP contribution in [0.4, 0.5) is 0 Å². The van der Waals surface area contributed by atoms with Crippen molar-refractivity contribution in [3.05, 3.63) is 41.5 Å². The number of benzene rings is 1. The highest BCUT2D eigenvalue weighted by Gasteiger charge is 2.33. The van der Waals surface area contributed by atoms with Crippen LogP contribution in [0.5, 0.6) is 0 Å². The van der Waals surface area contributed by atoms with E-state index in [4.69, 9.17) is 4.74 Å². The summed E-state index contributed by atoms with van der Waals surface area (Å²) < 4.78 is 32.4. The summed E-state index contributed by atoms with van der Waals surface area (Å²) in [7, 11) is -3.57. The van der Waals surface area contributed by atoms with E-state index in [1.807, 2.05) is 6.92 Å². The molecule has 0 bridgehead atoms. The van der Waals surface area contributed by atoms with Crippen LogP contribution in [-0.2, 0) is 24.3 Å². The van der Waals surface area contributed by atoms with Gasteiger partial charge < -0.3 is 10.1 Å². The summed E-state index contributed by atoms with van der Waals surface area (Å²) in [5.74, 6) is -1.13. The van der Waals surface area contributed by atoms with Crippen LogP contribution in [0, 0.1) is 12.8 Å². The van der Waals surface area contributed by atoms with E-state index >= 15 is 0 Å². The molecule has 0 aromatic heterocycles. The predicted octanol–water partition coefficient (Wildman–Crippen LogP) is 3.33. The third-order valence-electron chi connectivity index (χ3n) is 6.24. The van der Waals surface area contributed by atoms with Gasteiger partial charge in [-0.1, -0.05) is 29.3 Å². The highest BCUT2D eigenvalue weighted by molar-refractivity contribution is 7.89. The molecule has 3 rings (SSSR count). The van der Waals surface area contributed by atoms with Gasteiger partial charge in [0.15, 0.2) is 6.10 Å². The van der Waals surface area contributed by atoms with Gasteiger partial charge in [-0.05, 0) is 70.9 Å². The Hall–Kier alpha value is -2.19.